The first-order chi connectivity index (χ1) is 36.7. The van der Waals surface area contributed by atoms with E-state index in [1.807, 2.05) is 0 Å². The minimum Gasteiger partial charge on any atom is -0.489 e. The lowest BCUT2D eigenvalue weighted by Crippen LogP contribution is -2.54. The number of nitro groups is 1. The Kier molecular flexibility index (Phi) is 14.2. The van der Waals surface area contributed by atoms with Gasteiger partial charge in [0.15, 0.2) is 17.2 Å². The van der Waals surface area contributed by atoms with Crippen LogP contribution in [0.3, 0.4) is 0 Å². The summed E-state index contributed by atoms with van der Waals surface area (Å²) < 4.78 is 76.4. The van der Waals surface area contributed by atoms with E-state index in [4.69, 9.17) is 19.2 Å². The van der Waals surface area contributed by atoms with Gasteiger partial charge in [-0.25, -0.2) is 21.6 Å². The van der Waals surface area contributed by atoms with Crippen LogP contribution < -0.4 is 29.1 Å². The highest BCUT2D eigenvalue weighted by molar-refractivity contribution is 7.90. The number of amides is 1. The predicted molar refractivity (Wildman–Crippen MR) is 292 cm³/mol. The first-order valence-electron chi connectivity index (χ1n) is 27.2. The SMILES string of the molecule is CC(C)c1ccccc1[C@@H]1CCCN1C1CC2(CCN(c3ccc(C(=O)NS(=O)(=O)c4cc5c(c([N+](=O)[O-])c4)N[C@@H](C4CCC(C)(O)CC4)CO5)c(Oc4cc5cc[nH]c5nc4OC[C@@H]4CCCN4S(C)(=O)=O)c3)CC2)C1. The molecule has 4 N–H and O–H groups in total. The number of carbonyl (C=O) groups excluding carboxylic acids is 1. The van der Waals surface area contributed by atoms with E-state index in [1.54, 1.807) is 37.4 Å². The molecule has 3 saturated heterocycles. The van der Waals surface area contributed by atoms with Crippen molar-refractivity contribution in [2.45, 2.75) is 138 Å². The Morgan fingerprint density at radius 2 is 1.70 bits per heavy atom. The lowest BCUT2D eigenvalue weighted by molar-refractivity contribution is -0.384. The number of aromatic nitrogens is 2. The number of aliphatic hydroxyl groups is 1. The summed E-state index contributed by atoms with van der Waals surface area (Å²) in [5.74, 6) is -0.419. The Bertz CT molecular complexity index is 3290. The number of likely N-dealkylation sites (tertiary alicyclic amines) is 1. The van der Waals surface area contributed by atoms with Crippen LogP contribution in [-0.2, 0) is 20.0 Å². The third-order valence-corrected chi connectivity index (χ3v) is 20.2. The largest absolute Gasteiger partial charge is 0.489 e. The molecule has 3 atom stereocenters. The second kappa shape index (κ2) is 20.7. The number of aromatic amines is 1. The van der Waals surface area contributed by atoms with Crippen LogP contribution in [0.15, 0.2) is 77.8 Å². The molecular formula is C56H70N8O11S2. The van der Waals surface area contributed by atoms with Gasteiger partial charge in [-0.1, -0.05) is 38.1 Å². The summed E-state index contributed by atoms with van der Waals surface area (Å²) in [6.07, 6.45) is 13.3. The number of hydrogen-bond donors (Lipinski definition) is 4. The standard InChI is InChI=1S/C56H70N8O11S2/c1-35(2)42-10-5-6-11-43(42)46-12-8-23-62(46)40-31-56(32-40)20-25-61(26-21-56)38-13-14-44(48(28-38)75-50-27-37-17-22-57-52(37)59-54(50)74-33-39-9-7-24-63(39)76(4,69)70)53(65)60-77(71,72)41-29-47(64(67)68)51-49(30-41)73-34-45(58-51)36-15-18-55(3,66)19-16-36/h5-6,10-11,13-14,17,22,27-30,35-36,39-40,45-46,58,66H,7-9,12,15-16,18-21,23-26,31-34H2,1-4H3,(H,57,59)(H,60,65)/t36?,39-,45+,46-,55?/m0/s1. The van der Waals surface area contributed by atoms with Gasteiger partial charge in [-0.05, 0) is 143 Å². The highest BCUT2D eigenvalue weighted by atomic mass is 32.2. The number of H-pyrrole nitrogens is 1. The molecule has 6 aliphatic rings. The molecule has 0 radical (unpaired) electrons. The average Bonchev–Trinajstić information content (AvgIpc) is 4.19. The second-order valence-electron chi connectivity index (χ2n) is 23.1. The zero-order chi connectivity index (χ0) is 54.0. The maximum atomic E-state index is 14.5. The van der Waals surface area contributed by atoms with Crippen LogP contribution in [0, 0.1) is 21.4 Å². The Morgan fingerprint density at radius 3 is 2.44 bits per heavy atom. The number of benzene rings is 3. The van der Waals surface area contributed by atoms with Crippen molar-refractivity contribution in [3.63, 3.8) is 0 Å². The summed E-state index contributed by atoms with van der Waals surface area (Å²) in [5, 5.41) is 27.0. The molecule has 1 amide bonds. The molecule has 11 rings (SSSR count). The van der Waals surface area contributed by atoms with Crippen LogP contribution >= 0.6 is 0 Å². The minimum absolute atomic E-state index is 0.000311. The number of rotatable bonds is 15. The van der Waals surface area contributed by atoms with Crippen molar-refractivity contribution in [2.75, 3.05) is 55.9 Å². The van der Waals surface area contributed by atoms with Gasteiger partial charge in [0.2, 0.25) is 10.0 Å². The summed E-state index contributed by atoms with van der Waals surface area (Å²) in [5.41, 5.74) is 2.97. The number of sulfonamides is 2. The number of carbonyl (C=O) groups is 1. The van der Waals surface area contributed by atoms with Crippen molar-refractivity contribution in [3.05, 3.63) is 99.7 Å². The molecule has 5 aromatic rings. The zero-order valence-electron chi connectivity index (χ0n) is 44.2. The fourth-order valence-electron chi connectivity index (χ4n) is 13.2. The number of piperidine rings is 1. The molecule has 1 spiro atoms. The normalized spacial score (nSPS) is 25.0. The highest BCUT2D eigenvalue weighted by Gasteiger charge is 2.50. The van der Waals surface area contributed by atoms with Gasteiger partial charge in [-0.15, -0.1) is 0 Å². The van der Waals surface area contributed by atoms with E-state index in [9.17, 15) is 36.9 Å². The third-order valence-electron chi connectivity index (χ3n) is 17.5. The maximum Gasteiger partial charge on any atom is 0.297 e. The number of ether oxygens (including phenoxy) is 3. The van der Waals surface area contributed by atoms with E-state index >= 15 is 0 Å². The lowest BCUT2D eigenvalue weighted by Gasteiger charge is -2.56. The Balaban J connectivity index is 0.854. The molecule has 2 saturated carbocycles. The average molecular weight is 1100 g/mol. The first-order valence-corrected chi connectivity index (χ1v) is 30.6. The van der Waals surface area contributed by atoms with Crippen molar-refractivity contribution in [1.82, 2.24) is 23.9 Å². The van der Waals surface area contributed by atoms with Crippen LogP contribution in [0.2, 0.25) is 0 Å². The molecule has 77 heavy (non-hydrogen) atoms. The third kappa shape index (κ3) is 10.8. The monoisotopic (exact) mass is 1090 g/mol. The Labute approximate surface area is 450 Å². The molecule has 19 nitrogen and oxygen atoms in total. The van der Waals surface area contributed by atoms with Gasteiger partial charge in [-0.3, -0.25) is 19.8 Å². The fraction of sp³-hybridized carbons (Fsp3) is 0.536. The molecule has 4 aliphatic heterocycles. The quantitative estimate of drug-likeness (QED) is 0.0565. The van der Waals surface area contributed by atoms with Crippen LogP contribution in [0.4, 0.5) is 17.1 Å². The van der Waals surface area contributed by atoms with Crippen molar-refractivity contribution < 1.29 is 45.9 Å². The summed E-state index contributed by atoms with van der Waals surface area (Å²) >= 11 is 0. The smallest absolute Gasteiger partial charge is 0.297 e. The van der Waals surface area contributed by atoms with Gasteiger partial charge in [0.05, 0.1) is 39.3 Å². The van der Waals surface area contributed by atoms with Gasteiger partial charge in [0, 0.05) is 67.2 Å². The Morgan fingerprint density at radius 1 is 0.948 bits per heavy atom. The zero-order valence-corrected chi connectivity index (χ0v) is 45.8. The maximum absolute atomic E-state index is 14.5. The number of fused-ring (bicyclic) bond motifs is 2. The van der Waals surface area contributed by atoms with E-state index in [0.29, 0.717) is 74.1 Å². The van der Waals surface area contributed by atoms with E-state index in [1.165, 1.54) is 46.7 Å². The van der Waals surface area contributed by atoms with Crippen molar-refractivity contribution >= 4 is 54.0 Å². The number of nitro benzene ring substituents is 1. The number of anilines is 2. The highest BCUT2D eigenvalue weighted by Crippen LogP contribution is 2.55. The Hall–Kier alpha value is -6.00. The summed E-state index contributed by atoms with van der Waals surface area (Å²) in [6, 6.07) is 19.7. The second-order valence-corrected chi connectivity index (χ2v) is 26.7. The van der Waals surface area contributed by atoms with Crippen LogP contribution in [0.25, 0.3) is 11.0 Å². The first kappa shape index (κ1) is 53.0. The molecule has 5 fully saturated rings. The molecule has 21 heteroatoms. The lowest BCUT2D eigenvalue weighted by atomic mass is 9.59. The topological polar surface area (TPSA) is 239 Å². The van der Waals surface area contributed by atoms with Crippen LogP contribution in [-0.4, -0.2) is 121 Å². The summed E-state index contributed by atoms with van der Waals surface area (Å²) in [7, 11) is -8.29. The van der Waals surface area contributed by atoms with E-state index in [-0.39, 0.29) is 65.0 Å². The van der Waals surface area contributed by atoms with Crippen molar-refractivity contribution in [1.29, 1.82) is 0 Å². The number of nitrogens with one attached hydrogen (secondary N) is 3. The van der Waals surface area contributed by atoms with E-state index in [2.05, 4.69) is 62.9 Å². The number of pyridine rings is 1. The predicted octanol–water partition coefficient (Wildman–Crippen LogP) is 9.01. The molecular weight excluding hydrogens is 1020 g/mol. The van der Waals surface area contributed by atoms with Gasteiger partial charge in [0.1, 0.15) is 24.6 Å². The van der Waals surface area contributed by atoms with Gasteiger partial charge in [0.25, 0.3) is 27.5 Å². The molecule has 2 aromatic heterocycles. The van der Waals surface area contributed by atoms with Crippen LogP contribution in [0.1, 0.15) is 131 Å². The molecule has 0 unspecified atom stereocenters. The summed E-state index contributed by atoms with van der Waals surface area (Å²) in [4.78, 5) is 38.7. The fourth-order valence-corrected chi connectivity index (χ4v) is 15.4. The molecule has 412 valence electrons. The van der Waals surface area contributed by atoms with Gasteiger partial charge in [-0.2, -0.15) is 9.29 Å². The van der Waals surface area contributed by atoms with Crippen molar-refractivity contribution in [2.24, 2.45) is 11.3 Å². The minimum atomic E-state index is -4.78. The molecule has 0 bridgehead atoms. The van der Waals surface area contributed by atoms with Crippen LogP contribution in [0.5, 0.6) is 23.1 Å². The molecule has 2 aliphatic carbocycles. The van der Waals surface area contributed by atoms with Gasteiger partial charge >= 0.3 is 0 Å². The number of hydrogen-bond acceptors (Lipinski definition) is 15. The number of nitrogens with zero attached hydrogens (tertiary/aromatic N) is 5. The van der Waals surface area contributed by atoms with Gasteiger partial charge < -0.3 is 34.5 Å². The van der Waals surface area contributed by atoms with Crippen molar-refractivity contribution in [3.8, 4) is 23.1 Å². The molecule has 3 aromatic carbocycles. The van der Waals surface area contributed by atoms with E-state index < -0.39 is 53.1 Å². The van der Waals surface area contributed by atoms with E-state index in [0.717, 1.165) is 57.1 Å². The molecule has 6 heterocycles. The summed E-state index contributed by atoms with van der Waals surface area (Å²) in [6.45, 7) is 9.44.